The number of aromatic nitrogens is 1. The van der Waals surface area contributed by atoms with Crippen LogP contribution in [0.1, 0.15) is 15.9 Å². The van der Waals surface area contributed by atoms with Crippen molar-refractivity contribution < 1.29 is 102 Å². The smallest absolute Gasteiger partial charge is 0.336 e. The van der Waals surface area contributed by atoms with Crippen molar-refractivity contribution in [3.8, 4) is 0 Å². The van der Waals surface area contributed by atoms with E-state index in [0.717, 1.165) is 17.3 Å². The Morgan fingerprint density at radius 1 is 0.400 bits per heavy atom. The Labute approximate surface area is 347 Å². The first-order valence-corrected chi connectivity index (χ1v) is 17.4. The molecule has 65 heavy (non-hydrogen) atoms. The SMILES string of the molecule is Fc1c(F)c(F)c([B-](c2c(F)c(F)c(F)c(F)c2F)(c2c(F)c(F)c(F)c(F)c2F)c2c(F)c(F)c(F)c(F)c2F)c(F)c1F.O=C(O)c1cccc2cc[n+](Cc3ccccc3)cc12. The quantitative estimate of drug-likeness (QED) is 0.0572. The molecule has 6 aromatic carbocycles. The second kappa shape index (κ2) is 17.4. The Bertz CT molecular complexity index is 2730. The Hall–Kier alpha value is -7.14. The van der Waals surface area contributed by atoms with E-state index in [1.807, 2.05) is 47.3 Å². The molecule has 0 bridgehead atoms. The van der Waals surface area contributed by atoms with Gasteiger partial charge in [-0.05, 0) is 11.5 Å². The molecule has 0 saturated carbocycles. The number of carboxylic acids is 1. The highest BCUT2D eigenvalue weighted by Crippen LogP contribution is 2.31. The Balaban J connectivity index is 0.000000289. The largest absolute Gasteiger partial charge is 0.478 e. The summed E-state index contributed by atoms with van der Waals surface area (Å²) >= 11 is 0. The van der Waals surface area contributed by atoms with Gasteiger partial charge >= 0.3 is 5.97 Å². The first-order chi connectivity index (χ1) is 30.4. The minimum absolute atomic E-state index is 0.338. The summed E-state index contributed by atoms with van der Waals surface area (Å²) in [6.45, 7) is 0.727. The number of nitrogens with zero attached hydrogens (tertiary/aromatic N) is 1. The maximum absolute atomic E-state index is 15.4. The zero-order valence-corrected chi connectivity index (χ0v) is 31.0. The van der Waals surface area contributed by atoms with Crippen LogP contribution in [0.5, 0.6) is 0 Å². The van der Waals surface area contributed by atoms with E-state index in [1.54, 1.807) is 12.1 Å². The molecule has 0 amide bonds. The van der Waals surface area contributed by atoms with Crippen molar-refractivity contribution in [2.75, 3.05) is 0 Å². The van der Waals surface area contributed by atoms with Gasteiger partial charge in [0.15, 0.2) is 88.7 Å². The molecule has 1 heterocycles. The molecule has 7 rings (SSSR count). The average Bonchev–Trinajstić information content (AvgIpc) is 3.29. The van der Waals surface area contributed by atoms with Crippen molar-refractivity contribution in [1.29, 1.82) is 0 Å². The van der Waals surface area contributed by atoms with Crippen LogP contribution < -0.4 is 26.4 Å². The van der Waals surface area contributed by atoms with Gasteiger partial charge in [0.1, 0.15) is 52.7 Å². The van der Waals surface area contributed by atoms with Crippen LogP contribution in [-0.2, 0) is 6.54 Å². The molecule has 0 aliphatic carbocycles. The van der Waals surface area contributed by atoms with Crippen LogP contribution in [0.3, 0.4) is 0 Å². The molecule has 0 aliphatic rings. The lowest BCUT2D eigenvalue weighted by molar-refractivity contribution is -0.687. The molecule has 0 unspecified atom stereocenters. The average molecular weight is 943 g/mol. The Morgan fingerprint density at radius 2 is 0.708 bits per heavy atom. The van der Waals surface area contributed by atoms with Gasteiger partial charge in [-0.2, -0.15) is 0 Å². The topological polar surface area (TPSA) is 41.2 Å². The summed E-state index contributed by atoms with van der Waals surface area (Å²) in [4.78, 5) is 11.3. The van der Waals surface area contributed by atoms with Crippen LogP contribution in [0.2, 0.25) is 0 Å². The molecule has 0 spiro atoms. The molecule has 24 heteroatoms. The van der Waals surface area contributed by atoms with Gasteiger partial charge in [0, 0.05) is 11.6 Å². The van der Waals surface area contributed by atoms with Crippen LogP contribution in [0.25, 0.3) is 10.8 Å². The minimum atomic E-state index is -7.22. The Kier molecular flexibility index (Phi) is 12.7. The third-order valence-corrected chi connectivity index (χ3v) is 10.0. The fourth-order valence-electron chi connectivity index (χ4n) is 7.21. The maximum atomic E-state index is 15.4. The number of halogens is 20. The summed E-state index contributed by atoms with van der Waals surface area (Å²) in [6, 6.07) is 17.4. The molecule has 7 aromatic rings. The van der Waals surface area contributed by atoms with E-state index in [4.69, 9.17) is 0 Å². The number of aromatic carboxylic acids is 1. The van der Waals surface area contributed by atoms with E-state index >= 15 is 35.1 Å². The third kappa shape index (κ3) is 7.42. The standard InChI is InChI=1S/C24BF20.C17H13NO2/c26-5-1(6(27)14(35)21(42)13(5)34)25(2-7(28)15(36)22(43)16(37)8(2)29,3-9(30)17(38)23(44)18(39)10(3)31)4-11(32)19(40)24(45)20(41)12(4)33;19-17(20)15-8-4-7-14-9-10-18(12-16(14)15)11-13-5-2-1-3-6-13/h;1-10,12H,11H2/q-1;/p+1. The number of hydrogen-bond donors (Lipinski definition) is 1. The lowest BCUT2D eigenvalue weighted by atomic mass is 9.12. The van der Waals surface area contributed by atoms with E-state index in [1.165, 1.54) is 5.56 Å². The van der Waals surface area contributed by atoms with Gasteiger partial charge in [0.05, 0.1) is 10.9 Å². The fourth-order valence-corrected chi connectivity index (χ4v) is 7.21. The highest BCUT2D eigenvalue weighted by Gasteiger charge is 2.52. The highest BCUT2D eigenvalue weighted by molar-refractivity contribution is 7.20. The van der Waals surface area contributed by atoms with Crippen molar-refractivity contribution in [3.63, 3.8) is 0 Å². The van der Waals surface area contributed by atoms with E-state index < -0.39 is 150 Å². The first kappa shape index (κ1) is 47.3. The van der Waals surface area contributed by atoms with Crippen molar-refractivity contribution in [3.05, 3.63) is 194 Å². The number of rotatable bonds is 7. The van der Waals surface area contributed by atoms with Crippen molar-refractivity contribution in [2.45, 2.75) is 6.54 Å². The van der Waals surface area contributed by atoms with Gasteiger partial charge < -0.3 is 5.11 Å². The van der Waals surface area contributed by atoms with Crippen molar-refractivity contribution in [2.24, 2.45) is 0 Å². The molecular formula is C41H14BF20NO2. The van der Waals surface area contributed by atoms with Gasteiger partial charge in [-0.15, -0.1) is 21.9 Å². The predicted molar refractivity (Wildman–Crippen MR) is 186 cm³/mol. The Morgan fingerprint density at radius 3 is 1.02 bits per heavy atom. The highest BCUT2D eigenvalue weighted by atomic mass is 19.2. The molecule has 1 aromatic heterocycles. The maximum Gasteiger partial charge on any atom is 0.336 e. The molecular weight excluding hydrogens is 929 g/mol. The van der Waals surface area contributed by atoms with Gasteiger partial charge in [0.2, 0.25) is 0 Å². The number of benzene rings is 6. The molecule has 0 aliphatic heterocycles. The molecule has 338 valence electrons. The predicted octanol–water partition coefficient (Wildman–Crippen LogP) is 8.72. The zero-order valence-electron chi connectivity index (χ0n) is 31.0. The minimum Gasteiger partial charge on any atom is -0.478 e. The number of pyridine rings is 1. The lowest BCUT2D eigenvalue weighted by Crippen LogP contribution is -2.81. The molecule has 1 N–H and O–H groups in total. The number of carbonyl (C=O) groups is 1. The summed E-state index contributed by atoms with van der Waals surface area (Å²) in [5, 5.41) is 11.0. The molecule has 3 nitrogen and oxygen atoms in total. The van der Waals surface area contributed by atoms with Crippen LogP contribution in [-0.4, -0.2) is 17.2 Å². The summed E-state index contributed by atoms with van der Waals surface area (Å²) in [5.41, 5.74) is -12.8. The number of fused-ring (bicyclic) bond motifs is 1. The van der Waals surface area contributed by atoms with E-state index in [9.17, 15) is 62.6 Å². The van der Waals surface area contributed by atoms with E-state index in [0.29, 0.717) is 5.56 Å². The van der Waals surface area contributed by atoms with Gasteiger partial charge in [0.25, 0.3) is 0 Å². The molecule has 0 atom stereocenters. The zero-order chi connectivity index (χ0) is 48.3. The number of hydrogen-bond acceptors (Lipinski definition) is 1. The van der Waals surface area contributed by atoms with Gasteiger partial charge in [-0.1, -0.05) is 42.5 Å². The van der Waals surface area contributed by atoms with Crippen LogP contribution in [0.15, 0.2) is 67.0 Å². The van der Waals surface area contributed by atoms with Crippen molar-refractivity contribution in [1.82, 2.24) is 0 Å². The molecule has 0 radical (unpaired) electrons. The van der Waals surface area contributed by atoms with E-state index in [-0.39, 0.29) is 0 Å². The number of carboxylic acid groups (broad SMARTS) is 1. The van der Waals surface area contributed by atoms with Gasteiger partial charge in [-0.25, -0.2) is 97.2 Å². The third-order valence-electron chi connectivity index (χ3n) is 10.0. The first-order valence-electron chi connectivity index (χ1n) is 17.4. The van der Waals surface area contributed by atoms with Crippen LogP contribution in [0.4, 0.5) is 87.8 Å². The monoisotopic (exact) mass is 943 g/mol. The van der Waals surface area contributed by atoms with Crippen molar-refractivity contribution >= 4 is 44.7 Å². The molecule has 0 fully saturated rings. The summed E-state index contributed by atoms with van der Waals surface area (Å²) < 4.78 is 296. The summed E-state index contributed by atoms with van der Waals surface area (Å²) in [7, 11) is 0. The second-order valence-electron chi connectivity index (χ2n) is 13.5. The van der Waals surface area contributed by atoms with E-state index in [2.05, 4.69) is 12.1 Å². The van der Waals surface area contributed by atoms with Gasteiger partial charge in [-0.3, -0.25) is 0 Å². The van der Waals surface area contributed by atoms with Crippen LogP contribution in [0, 0.1) is 116 Å². The normalized spacial score (nSPS) is 11.6. The summed E-state index contributed by atoms with van der Waals surface area (Å²) in [6.07, 6.45) is -3.35. The van der Waals surface area contributed by atoms with Crippen LogP contribution >= 0.6 is 0 Å². The summed E-state index contributed by atoms with van der Waals surface area (Å²) in [5.74, 6) is -72.3. The fraction of sp³-hybridized carbons (Fsp3) is 0.0244. The lowest BCUT2D eigenvalue weighted by Gasteiger charge is -2.44. The second-order valence-corrected chi connectivity index (χ2v) is 13.5. The molecule has 0 saturated heterocycles.